The first-order valence-electron chi connectivity index (χ1n) is 11.9. The molecule has 2 amide bonds. The maximum atomic E-state index is 12.7. The van der Waals surface area contributed by atoms with Gasteiger partial charge in [-0.25, -0.2) is 9.78 Å². The number of halogens is 3. The van der Waals surface area contributed by atoms with E-state index >= 15 is 0 Å². The number of rotatable bonds is 2. The molecule has 0 aliphatic carbocycles. The van der Waals surface area contributed by atoms with E-state index in [0.29, 0.717) is 18.8 Å². The standard InChI is InChI=1S/C24H26N4O2.C2HF3O2/c29-21(28-12-7-18-3-1-2-4-19(18)16-28)6-5-17-13-20-14-24(8-10-25-11-9-24)23(30)27-22(20)26-15-17;3-2(4,5)1(6)7/h1-6,13,15,25H,7-12,14,16H2,(H,26,27,30);(H,6,7). The predicted octanol–water partition coefficient (Wildman–Crippen LogP) is 3.18. The fourth-order valence-electron chi connectivity index (χ4n) is 4.82. The number of hydrogen-bond acceptors (Lipinski definition) is 5. The van der Waals surface area contributed by atoms with E-state index in [0.717, 1.165) is 50.0 Å². The van der Waals surface area contributed by atoms with Gasteiger partial charge in [0, 0.05) is 25.4 Å². The van der Waals surface area contributed by atoms with Crippen molar-refractivity contribution in [3.05, 3.63) is 64.9 Å². The Kier molecular flexibility index (Phi) is 7.63. The molecular formula is C26H27F3N4O4. The van der Waals surface area contributed by atoms with Crippen molar-refractivity contribution >= 4 is 29.7 Å². The van der Waals surface area contributed by atoms with Crippen molar-refractivity contribution in [1.82, 2.24) is 15.2 Å². The van der Waals surface area contributed by atoms with Gasteiger partial charge in [-0.1, -0.05) is 24.3 Å². The quantitative estimate of drug-likeness (QED) is 0.529. The van der Waals surface area contributed by atoms with E-state index in [1.165, 1.54) is 11.1 Å². The zero-order valence-electron chi connectivity index (χ0n) is 20.0. The molecule has 1 aromatic heterocycles. The van der Waals surface area contributed by atoms with Crippen LogP contribution in [0.5, 0.6) is 0 Å². The fraction of sp³-hybridized carbons (Fsp3) is 0.385. The number of fused-ring (bicyclic) bond motifs is 2. The molecule has 1 aromatic carbocycles. The third-order valence-electron chi connectivity index (χ3n) is 6.89. The van der Waals surface area contributed by atoms with Crippen molar-refractivity contribution in [2.24, 2.45) is 5.41 Å². The van der Waals surface area contributed by atoms with Crippen LogP contribution in [0.15, 0.2) is 42.6 Å². The molecule has 3 aliphatic heterocycles. The Hall–Kier alpha value is -3.73. The summed E-state index contributed by atoms with van der Waals surface area (Å²) in [6, 6.07) is 10.4. The zero-order chi connectivity index (χ0) is 26.6. The number of nitrogens with zero attached hydrogens (tertiary/aromatic N) is 2. The molecule has 0 bridgehead atoms. The molecule has 0 atom stereocenters. The van der Waals surface area contributed by atoms with Crippen molar-refractivity contribution in [2.75, 3.05) is 25.0 Å². The molecule has 2 aromatic rings. The molecule has 3 aliphatic rings. The average molecular weight is 517 g/mol. The number of carbonyl (C=O) groups is 3. The van der Waals surface area contributed by atoms with Gasteiger partial charge >= 0.3 is 12.1 Å². The number of aromatic nitrogens is 1. The highest BCUT2D eigenvalue weighted by Gasteiger charge is 2.43. The monoisotopic (exact) mass is 516 g/mol. The van der Waals surface area contributed by atoms with E-state index in [1.54, 1.807) is 12.3 Å². The van der Waals surface area contributed by atoms with Crippen LogP contribution >= 0.6 is 0 Å². The van der Waals surface area contributed by atoms with E-state index in [-0.39, 0.29) is 17.2 Å². The van der Waals surface area contributed by atoms with Gasteiger partial charge in [0.2, 0.25) is 11.8 Å². The van der Waals surface area contributed by atoms with Crippen LogP contribution in [0.3, 0.4) is 0 Å². The highest BCUT2D eigenvalue weighted by Crippen LogP contribution is 2.39. The van der Waals surface area contributed by atoms with Crippen LogP contribution in [0, 0.1) is 5.41 Å². The van der Waals surface area contributed by atoms with E-state index in [9.17, 15) is 22.8 Å². The number of aliphatic carboxylic acids is 1. The molecule has 196 valence electrons. The van der Waals surface area contributed by atoms with Crippen LogP contribution in [0.25, 0.3) is 6.08 Å². The first-order valence-corrected chi connectivity index (χ1v) is 11.9. The number of hydrogen-bond donors (Lipinski definition) is 3. The fourth-order valence-corrected chi connectivity index (χ4v) is 4.82. The number of amides is 2. The van der Waals surface area contributed by atoms with Gasteiger partial charge in [0.15, 0.2) is 0 Å². The number of pyridine rings is 1. The lowest BCUT2D eigenvalue weighted by Gasteiger charge is -2.39. The van der Waals surface area contributed by atoms with Crippen molar-refractivity contribution in [2.45, 2.75) is 38.4 Å². The number of carboxylic acids is 1. The van der Waals surface area contributed by atoms with Crippen LogP contribution < -0.4 is 10.6 Å². The summed E-state index contributed by atoms with van der Waals surface area (Å²) < 4.78 is 31.7. The summed E-state index contributed by atoms with van der Waals surface area (Å²) in [5.74, 6) is -1.99. The minimum Gasteiger partial charge on any atom is -0.475 e. The van der Waals surface area contributed by atoms with Crippen molar-refractivity contribution in [3.8, 4) is 0 Å². The molecular weight excluding hydrogens is 489 g/mol. The maximum Gasteiger partial charge on any atom is 0.490 e. The Morgan fingerprint density at radius 3 is 2.46 bits per heavy atom. The Balaban J connectivity index is 0.000000405. The van der Waals surface area contributed by atoms with E-state index < -0.39 is 12.1 Å². The van der Waals surface area contributed by atoms with Crippen LogP contribution in [-0.2, 0) is 33.8 Å². The highest BCUT2D eigenvalue weighted by atomic mass is 19.4. The summed E-state index contributed by atoms with van der Waals surface area (Å²) >= 11 is 0. The van der Waals surface area contributed by atoms with Crippen molar-refractivity contribution in [3.63, 3.8) is 0 Å². The molecule has 37 heavy (non-hydrogen) atoms. The molecule has 8 nitrogen and oxygen atoms in total. The smallest absolute Gasteiger partial charge is 0.475 e. The van der Waals surface area contributed by atoms with Crippen LogP contribution in [0.4, 0.5) is 19.0 Å². The minimum atomic E-state index is -5.08. The Bertz CT molecular complexity index is 1220. The lowest BCUT2D eigenvalue weighted by molar-refractivity contribution is -0.192. The second-order valence-electron chi connectivity index (χ2n) is 9.35. The number of alkyl halides is 3. The SMILES string of the molecule is O=C(C=Cc1cnc2c(c1)CC1(CCNCC1)C(=O)N2)N1CCc2ccccc2C1.O=C(O)C(F)(F)F. The van der Waals surface area contributed by atoms with Gasteiger partial charge in [-0.3, -0.25) is 9.59 Å². The van der Waals surface area contributed by atoms with Gasteiger partial charge in [-0.15, -0.1) is 0 Å². The van der Waals surface area contributed by atoms with Crippen LogP contribution in [-0.4, -0.2) is 58.6 Å². The number of benzene rings is 1. The molecule has 4 heterocycles. The molecule has 11 heteroatoms. The lowest BCUT2D eigenvalue weighted by atomic mass is 9.71. The summed E-state index contributed by atoms with van der Waals surface area (Å²) in [5.41, 5.74) is 4.17. The zero-order valence-corrected chi connectivity index (χ0v) is 20.0. The molecule has 1 fully saturated rings. The number of carboxylic acid groups (broad SMARTS) is 1. The van der Waals surface area contributed by atoms with E-state index in [4.69, 9.17) is 9.90 Å². The average Bonchev–Trinajstić information content (AvgIpc) is 2.88. The number of carbonyl (C=O) groups excluding carboxylic acids is 2. The normalized spacial score (nSPS) is 18.4. The first kappa shape index (κ1) is 26.3. The van der Waals surface area contributed by atoms with Gasteiger partial charge in [0.1, 0.15) is 5.82 Å². The summed E-state index contributed by atoms with van der Waals surface area (Å²) in [5, 5.41) is 13.5. The second kappa shape index (κ2) is 10.7. The summed E-state index contributed by atoms with van der Waals surface area (Å²) in [7, 11) is 0. The van der Waals surface area contributed by atoms with Gasteiger partial charge in [-0.2, -0.15) is 13.2 Å². The molecule has 5 rings (SSSR count). The molecule has 0 unspecified atom stereocenters. The van der Waals surface area contributed by atoms with Gasteiger partial charge in [0.05, 0.1) is 5.41 Å². The molecule has 1 saturated heterocycles. The lowest BCUT2D eigenvalue weighted by Crippen LogP contribution is -2.48. The molecule has 1 spiro atoms. The minimum absolute atomic E-state index is 0.0188. The summed E-state index contributed by atoms with van der Waals surface area (Å²) in [4.78, 5) is 40.6. The third-order valence-corrected chi connectivity index (χ3v) is 6.89. The second-order valence-corrected chi connectivity index (χ2v) is 9.35. The van der Waals surface area contributed by atoms with Gasteiger partial charge in [-0.05, 0) is 73.2 Å². The van der Waals surface area contributed by atoms with Crippen LogP contribution in [0.1, 0.15) is 35.1 Å². The van der Waals surface area contributed by atoms with Crippen molar-refractivity contribution in [1.29, 1.82) is 0 Å². The first-order chi connectivity index (χ1) is 17.6. The molecule has 0 saturated carbocycles. The van der Waals surface area contributed by atoms with Crippen LogP contribution in [0.2, 0.25) is 0 Å². The number of piperidine rings is 1. The highest BCUT2D eigenvalue weighted by molar-refractivity contribution is 5.98. The molecule has 3 N–H and O–H groups in total. The Morgan fingerprint density at radius 2 is 1.78 bits per heavy atom. The number of anilines is 1. The van der Waals surface area contributed by atoms with E-state index in [1.807, 2.05) is 17.0 Å². The van der Waals surface area contributed by atoms with E-state index in [2.05, 4.69) is 39.9 Å². The Morgan fingerprint density at radius 1 is 1.11 bits per heavy atom. The number of nitrogens with one attached hydrogen (secondary N) is 2. The van der Waals surface area contributed by atoms with Gasteiger partial charge in [0.25, 0.3) is 0 Å². The topological polar surface area (TPSA) is 112 Å². The third kappa shape index (κ3) is 6.16. The van der Waals surface area contributed by atoms with Gasteiger partial charge < -0.3 is 20.6 Å². The predicted molar refractivity (Wildman–Crippen MR) is 129 cm³/mol. The maximum absolute atomic E-state index is 12.7. The largest absolute Gasteiger partial charge is 0.490 e. The van der Waals surface area contributed by atoms with Crippen molar-refractivity contribution < 1.29 is 32.7 Å². The summed E-state index contributed by atoms with van der Waals surface area (Å²) in [6.07, 6.45) is 3.39. The molecule has 0 radical (unpaired) electrons. The Labute approximate surface area is 211 Å². The summed E-state index contributed by atoms with van der Waals surface area (Å²) in [6.45, 7) is 3.13.